The Hall–Kier alpha value is -0.840. The molecule has 2 rings (SSSR count). The molecule has 0 aliphatic heterocycles. The first-order valence-electron chi connectivity index (χ1n) is 11.0. The van der Waals surface area contributed by atoms with Gasteiger partial charge in [-0.05, 0) is 32.1 Å². The highest BCUT2D eigenvalue weighted by Crippen LogP contribution is 2.31. The lowest BCUT2D eigenvalue weighted by Gasteiger charge is -2.23. The largest absolute Gasteiger partial charge is 0.394 e. The van der Waals surface area contributed by atoms with Gasteiger partial charge >= 0.3 is 0 Å². The maximum atomic E-state index is 9.41. The molecule has 0 aromatic carbocycles. The van der Waals surface area contributed by atoms with E-state index in [0.717, 1.165) is 44.3 Å². The van der Waals surface area contributed by atoms with Gasteiger partial charge in [-0.25, -0.2) is 9.97 Å². The quantitative estimate of drug-likeness (QED) is 0.152. The molecular weight excluding hydrogens is 440 g/mol. The van der Waals surface area contributed by atoms with Gasteiger partial charge in [0.15, 0.2) is 21.9 Å². The van der Waals surface area contributed by atoms with Gasteiger partial charge in [-0.1, -0.05) is 50.6 Å². The molecule has 0 spiro atoms. The molecule has 10 heteroatoms. The molecule has 8 nitrogen and oxygen atoms in total. The molecule has 1 saturated carbocycles. The summed E-state index contributed by atoms with van der Waals surface area (Å²) in [6, 6.07) is 0.251. The predicted octanol–water partition coefficient (Wildman–Crippen LogP) is 4.09. The Morgan fingerprint density at radius 2 is 2.00 bits per heavy atom. The number of aliphatic hydroxyl groups is 2. The highest BCUT2D eigenvalue weighted by Gasteiger charge is 2.26. The fourth-order valence-corrected chi connectivity index (χ4v) is 4.16. The molecule has 3 unspecified atom stereocenters. The van der Waals surface area contributed by atoms with Crippen molar-refractivity contribution in [3.05, 3.63) is 5.15 Å². The number of hydrogen-bond acceptors (Lipinski definition) is 9. The van der Waals surface area contributed by atoms with E-state index in [9.17, 15) is 5.11 Å². The Labute approximate surface area is 195 Å². The molecule has 1 heterocycles. The normalized spacial score (nSPS) is 20.1. The van der Waals surface area contributed by atoms with E-state index in [1.165, 1.54) is 0 Å². The summed E-state index contributed by atoms with van der Waals surface area (Å²) in [4.78, 5) is 8.67. The van der Waals surface area contributed by atoms with Crippen LogP contribution in [0.25, 0.3) is 0 Å². The van der Waals surface area contributed by atoms with Crippen molar-refractivity contribution in [2.45, 2.75) is 88.8 Å². The molecule has 0 amide bonds. The Bertz CT molecular complexity index is 638. The zero-order valence-electron chi connectivity index (χ0n) is 19.2. The van der Waals surface area contributed by atoms with Crippen molar-refractivity contribution < 1.29 is 19.7 Å². The van der Waals surface area contributed by atoms with Crippen molar-refractivity contribution in [2.24, 2.45) is 0 Å². The topological polar surface area (TPSA) is 123 Å². The van der Waals surface area contributed by atoms with Crippen LogP contribution in [-0.4, -0.2) is 64.2 Å². The van der Waals surface area contributed by atoms with E-state index in [2.05, 4.69) is 22.2 Å². The molecule has 1 fully saturated rings. The molecule has 0 bridgehead atoms. The van der Waals surface area contributed by atoms with Gasteiger partial charge in [0.05, 0.1) is 19.3 Å². The Morgan fingerprint density at radius 3 is 2.55 bits per heavy atom. The highest BCUT2D eigenvalue weighted by molar-refractivity contribution is 7.99. The monoisotopic (exact) mass is 478 g/mol. The third-order valence-corrected chi connectivity index (χ3v) is 6.40. The van der Waals surface area contributed by atoms with Crippen LogP contribution in [0.15, 0.2) is 5.16 Å². The number of halogens is 1. The van der Waals surface area contributed by atoms with E-state index in [1.807, 2.05) is 13.8 Å². The van der Waals surface area contributed by atoms with Crippen molar-refractivity contribution in [1.82, 2.24) is 9.97 Å². The molecule has 1 aromatic heterocycles. The smallest absolute Gasteiger partial charge is 0.191 e. The fraction of sp³-hybridized carbons (Fsp3) is 0.810. The molecule has 0 radical (unpaired) electrons. The third kappa shape index (κ3) is 10.1. The number of nitrogens with two attached hydrogens (primary N) is 1. The number of methoxy groups -OCH3 is 1. The Balaban J connectivity index is 0.000000452. The van der Waals surface area contributed by atoms with E-state index in [-0.39, 0.29) is 18.8 Å². The van der Waals surface area contributed by atoms with Crippen molar-refractivity contribution in [3.63, 3.8) is 0 Å². The Kier molecular flexibility index (Phi) is 13.7. The zero-order valence-corrected chi connectivity index (χ0v) is 20.8. The number of ether oxygens (including phenoxy) is 2. The second kappa shape index (κ2) is 15.1. The number of nitrogens with zero attached hydrogens (tertiary/aromatic N) is 2. The zero-order chi connectivity index (χ0) is 23.3. The van der Waals surface area contributed by atoms with Gasteiger partial charge in [0.2, 0.25) is 0 Å². The molecule has 180 valence electrons. The molecule has 5 N–H and O–H groups in total. The van der Waals surface area contributed by atoms with Gasteiger partial charge in [0.25, 0.3) is 0 Å². The summed E-state index contributed by atoms with van der Waals surface area (Å²) < 4.78 is 10.4. The summed E-state index contributed by atoms with van der Waals surface area (Å²) in [5.74, 6) is 0.681. The van der Waals surface area contributed by atoms with Gasteiger partial charge < -0.3 is 30.7 Å². The van der Waals surface area contributed by atoms with E-state index < -0.39 is 5.79 Å². The number of thioether (sulfide) groups is 1. The first-order chi connectivity index (χ1) is 14.8. The average Bonchev–Trinajstić information content (AvgIpc) is 3.21. The summed E-state index contributed by atoms with van der Waals surface area (Å²) in [5.41, 5.74) is 6.37. The first kappa shape index (κ1) is 28.2. The standard InChI is InChI=1S/C14H23ClN4O2S.C7H16O2/c1-2-7-22-14-18-12(15)11(16)13(19-14)17-9-3-4-10(8-9)21-6-5-20;1-4-6-7(8,5-2)9-3/h9-10,20H,2-8,16H2,1H3,(H,17,18,19);8H,4-6H2,1-3H3. The van der Waals surface area contributed by atoms with E-state index >= 15 is 0 Å². The number of rotatable bonds is 12. The first-order valence-corrected chi connectivity index (χ1v) is 12.4. The molecular formula is C21H39ClN4O4S. The molecule has 1 aromatic rings. The number of nitrogens with one attached hydrogen (secondary N) is 1. The molecule has 1 aliphatic rings. The number of aliphatic hydroxyl groups excluding tert-OH is 1. The Morgan fingerprint density at radius 1 is 1.26 bits per heavy atom. The minimum absolute atomic E-state index is 0.0566. The average molecular weight is 479 g/mol. The molecule has 0 saturated heterocycles. The minimum Gasteiger partial charge on any atom is -0.394 e. The van der Waals surface area contributed by atoms with Gasteiger partial charge in [-0.3, -0.25) is 0 Å². The maximum Gasteiger partial charge on any atom is 0.191 e. The SMILES string of the molecule is CCCC(O)(CC)OC.CCCSc1nc(Cl)c(N)c(NC2CCC(OCCO)C2)n1. The molecule has 1 aliphatic carbocycles. The summed E-state index contributed by atoms with van der Waals surface area (Å²) in [7, 11) is 1.54. The van der Waals surface area contributed by atoms with Crippen LogP contribution in [-0.2, 0) is 9.47 Å². The van der Waals surface area contributed by atoms with Crippen LogP contribution in [0.4, 0.5) is 11.5 Å². The second-order valence-corrected chi connectivity index (χ2v) is 8.95. The van der Waals surface area contributed by atoms with Crippen LogP contribution in [0.1, 0.15) is 65.7 Å². The maximum absolute atomic E-state index is 9.41. The van der Waals surface area contributed by atoms with Crippen molar-refractivity contribution >= 4 is 34.9 Å². The third-order valence-electron chi connectivity index (χ3n) is 5.06. The highest BCUT2D eigenvalue weighted by atomic mass is 35.5. The van der Waals surface area contributed by atoms with Crippen LogP contribution < -0.4 is 11.1 Å². The number of hydrogen-bond donors (Lipinski definition) is 4. The molecule has 31 heavy (non-hydrogen) atoms. The predicted molar refractivity (Wildman–Crippen MR) is 128 cm³/mol. The van der Waals surface area contributed by atoms with Gasteiger partial charge in [-0.15, -0.1) is 0 Å². The second-order valence-electron chi connectivity index (χ2n) is 7.53. The van der Waals surface area contributed by atoms with Gasteiger partial charge in [0.1, 0.15) is 5.69 Å². The summed E-state index contributed by atoms with van der Waals surface area (Å²) in [6.45, 7) is 6.49. The van der Waals surface area contributed by atoms with E-state index in [4.69, 9.17) is 31.9 Å². The van der Waals surface area contributed by atoms with Crippen molar-refractivity contribution in [3.8, 4) is 0 Å². The lowest BCUT2D eigenvalue weighted by molar-refractivity contribution is -0.191. The summed E-state index contributed by atoms with van der Waals surface area (Å²) >= 11 is 7.67. The summed E-state index contributed by atoms with van der Waals surface area (Å²) in [6.07, 6.45) is 6.39. The summed E-state index contributed by atoms with van der Waals surface area (Å²) in [5, 5.41) is 22.5. The van der Waals surface area contributed by atoms with Crippen molar-refractivity contribution in [2.75, 3.05) is 37.1 Å². The van der Waals surface area contributed by atoms with E-state index in [1.54, 1.807) is 18.9 Å². The van der Waals surface area contributed by atoms with Gasteiger partial charge in [-0.2, -0.15) is 0 Å². The van der Waals surface area contributed by atoms with Crippen LogP contribution in [0, 0.1) is 0 Å². The number of nitrogen functional groups attached to an aromatic ring is 1. The minimum atomic E-state index is -0.866. The van der Waals surface area contributed by atoms with E-state index in [0.29, 0.717) is 34.8 Å². The number of anilines is 2. The van der Waals surface area contributed by atoms with Crippen LogP contribution in [0.2, 0.25) is 5.15 Å². The van der Waals surface area contributed by atoms with Crippen LogP contribution in [0.3, 0.4) is 0 Å². The fourth-order valence-electron chi connectivity index (χ4n) is 3.24. The molecule has 3 atom stereocenters. The number of aromatic nitrogens is 2. The van der Waals surface area contributed by atoms with Crippen LogP contribution >= 0.6 is 23.4 Å². The van der Waals surface area contributed by atoms with Crippen molar-refractivity contribution in [1.29, 1.82) is 0 Å². The lowest BCUT2D eigenvalue weighted by Crippen LogP contribution is -2.29. The lowest BCUT2D eigenvalue weighted by atomic mass is 10.1. The van der Waals surface area contributed by atoms with Gasteiger partial charge in [0, 0.05) is 25.3 Å². The van der Waals surface area contributed by atoms with Crippen LogP contribution in [0.5, 0.6) is 0 Å².